The van der Waals surface area contributed by atoms with Crippen LogP contribution in [-0.2, 0) is 16.1 Å². The van der Waals surface area contributed by atoms with Crippen molar-refractivity contribution in [2.75, 3.05) is 19.0 Å². The molecule has 0 aliphatic carbocycles. The van der Waals surface area contributed by atoms with Gasteiger partial charge in [-0.15, -0.1) is 0 Å². The summed E-state index contributed by atoms with van der Waals surface area (Å²) < 4.78 is 5.42. The van der Waals surface area contributed by atoms with E-state index in [2.05, 4.69) is 11.9 Å². The molecule has 1 aliphatic heterocycles. The van der Waals surface area contributed by atoms with Gasteiger partial charge in [0.1, 0.15) is 18.6 Å². The highest BCUT2D eigenvalue weighted by atomic mass is 16.5. The van der Waals surface area contributed by atoms with Crippen molar-refractivity contribution in [3.05, 3.63) is 59.8 Å². The van der Waals surface area contributed by atoms with Crippen molar-refractivity contribution in [3.63, 3.8) is 0 Å². The summed E-state index contributed by atoms with van der Waals surface area (Å²) in [5.74, 6) is 0.606. The molecule has 3 rings (SSSR count). The Kier molecular flexibility index (Phi) is 7.09. The molecule has 6 heteroatoms. The fourth-order valence-corrected chi connectivity index (χ4v) is 3.05. The number of carbonyl (C=O) groups is 3. The number of hydrogen-bond acceptors (Lipinski definition) is 5. The lowest BCUT2D eigenvalue weighted by atomic mass is 9.96. The highest BCUT2D eigenvalue weighted by Crippen LogP contribution is 2.37. The summed E-state index contributed by atoms with van der Waals surface area (Å²) >= 11 is 0. The minimum absolute atomic E-state index is 0.0101. The molecule has 28 heavy (non-hydrogen) atoms. The van der Waals surface area contributed by atoms with Gasteiger partial charge in [-0.3, -0.25) is 9.59 Å². The van der Waals surface area contributed by atoms with E-state index in [9.17, 15) is 9.59 Å². The summed E-state index contributed by atoms with van der Waals surface area (Å²) in [6.45, 7) is 7.71. The second-order valence-electron chi connectivity index (χ2n) is 6.13. The number of fused-ring (bicyclic) bond motifs is 1. The largest absolute Gasteiger partial charge is 0.484 e. The number of carbonyl (C=O) groups excluding carboxylic acids is 3. The van der Waals surface area contributed by atoms with Crippen LogP contribution in [0.3, 0.4) is 0 Å². The van der Waals surface area contributed by atoms with E-state index in [1.54, 1.807) is 11.9 Å². The molecule has 1 N–H and O–H groups in total. The molecule has 0 radical (unpaired) electrons. The van der Waals surface area contributed by atoms with Gasteiger partial charge in [-0.1, -0.05) is 24.8 Å². The van der Waals surface area contributed by atoms with E-state index in [4.69, 9.17) is 9.53 Å². The number of benzene rings is 2. The Bertz CT molecular complexity index is 905. The molecule has 1 amide bonds. The van der Waals surface area contributed by atoms with Crippen LogP contribution in [0.5, 0.6) is 5.75 Å². The van der Waals surface area contributed by atoms with Crippen LogP contribution in [0.15, 0.2) is 48.7 Å². The van der Waals surface area contributed by atoms with Gasteiger partial charge in [0.2, 0.25) is 0 Å². The first-order chi connectivity index (χ1) is 13.5. The van der Waals surface area contributed by atoms with E-state index < -0.39 is 0 Å². The Balaban J connectivity index is 0.000000878. The number of nitrogens with one attached hydrogen (secondary N) is 1. The number of nitrogens with zero attached hydrogens (tertiary/aromatic N) is 1. The van der Waals surface area contributed by atoms with Gasteiger partial charge in [0.05, 0.1) is 12.2 Å². The highest BCUT2D eigenvalue weighted by Gasteiger charge is 2.29. The second kappa shape index (κ2) is 9.50. The van der Waals surface area contributed by atoms with Crippen molar-refractivity contribution in [1.29, 1.82) is 0 Å². The molecule has 2 aromatic rings. The molecule has 1 aliphatic rings. The first-order valence-corrected chi connectivity index (χ1v) is 8.86. The van der Waals surface area contributed by atoms with Gasteiger partial charge in [-0.25, -0.2) is 0 Å². The van der Waals surface area contributed by atoms with E-state index in [1.807, 2.05) is 43.3 Å². The number of allylic oxidation sites excluding steroid dienone is 1. The SMILES string of the molecule is C=C(C)N1Cc2c(cccc2-c2ccc(OCC=O)c(NC)c2)C1=O.CC=O. The zero-order valence-corrected chi connectivity index (χ0v) is 16.3. The number of anilines is 1. The van der Waals surface area contributed by atoms with E-state index >= 15 is 0 Å². The molecular weight excluding hydrogens is 356 g/mol. The monoisotopic (exact) mass is 380 g/mol. The van der Waals surface area contributed by atoms with Crippen molar-refractivity contribution >= 4 is 24.2 Å². The van der Waals surface area contributed by atoms with Crippen LogP contribution in [0, 0.1) is 0 Å². The zero-order chi connectivity index (χ0) is 20.7. The molecule has 0 atom stereocenters. The molecule has 0 spiro atoms. The molecule has 0 aromatic heterocycles. The summed E-state index contributed by atoms with van der Waals surface area (Å²) in [5, 5.41) is 3.09. The Morgan fingerprint density at radius 3 is 2.54 bits per heavy atom. The predicted molar refractivity (Wildman–Crippen MR) is 109 cm³/mol. The third-order valence-corrected chi connectivity index (χ3v) is 4.30. The highest BCUT2D eigenvalue weighted by molar-refractivity contribution is 6.01. The topological polar surface area (TPSA) is 75.7 Å². The van der Waals surface area contributed by atoms with Crippen molar-refractivity contribution in [1.82, 2.24) is 4.90 Å². The Labute approximate surface area is 164 Å². The molecule has 6 nitrogen and oxygen atoms in total. The number of hydrogen-bond donors (Lipinski definition) is 1. The third-order valence-electron chi connectivity index (χ3n) is 4.30. The van der Waals surface area contributed by atoms with Crippen LogP contribution in [0.4, 0.5) is 5.69 Å². The average Bonchev–Trinajstić information content (AvgIpc) is 3.04. The summed E-state index contributed by atoms with van der Waals surface area (Å²) in [6, 6.07) is 11.5. The van der Waals surface area contributed by atoms with Gasteiger partial charge in [0.25, 0.3) is 5.91 Å². The quantitative estimate of drug-likeness (QED) is 0.774. The predicted octanol–water partition coefficient (Wildman–Crippen LogP) is 3.67. The zero-order valence-electron chi connectivity index (χ0n) is 16.3. The number of aldehydes is 2. The van der Waals surface area contributed by atoms with Gasteiger partial charge in [0, 0.05) is 18.3 Å². The Hall–Kier alpha value is -3.41. The summed E-state index contributed by atoms with van der Waals surface area (Å²) in [5.41, 5.74) is 5.23. The standard InChI is InChI=1S/C20H20N2O3.C2H4O/c1-13(2)22-12-17-15(5-4-6-16(17)20(22)24)14-7-8-19(25-10-9-23)18(11-14)21-3;1-2-3/h4-9,11,21H,1,10,12H2,2-3H3;2H,1H3. The van der Waals surface area contributed by atoms with Crippen molar-refractivity contribution in [2.24, 2.45) is 0 Å². The molecule has 1 heterocycles. The van der Waals surface area contributed by atoms with Crippen LogP contribution in [0.2, 0.25) is 0 Å². The third kappa shape index (κ3) is 4.28. The minimum atomic E-state index is -0.0101. The van der Waals surface area contributed by atoms with E-state index in [0.29, 0.717) is 17.9 Å². The first-order valence-electron chi connectivity index (χ1n) is 8.86. The average molecular weight is 380 g/mol. The van der Waals surface area contributed by atoms with Crippen LogP contribution in [-0.4, -0.2) is 37.0 Å². The molecule has 0 saturated carbocycles. The van der Waals surface area contributed by atoms with Crippen LogP contribution in [0.1, 0.15) is 29.8 Å². The molecule has 0 saturated heterocycles. The van der Waals surface area contributed by atoms with Crippen molar-refractivity contribution in [2.45, 2.75) is 20.4 Å². The fourth-order valence-electron chi connectivity index (χ4n) is 3.05. The smallest absolute Gasteiger partial charge is 0.258 e. The molecule has 2 aromatic carbocycles. The van der Waals surface area contributed by atoms with Gasteiger partial charge in [-0.05, 0) is 48.7 Å². The lowest BCUT2D eigenvalue weighted by Gasteiger charge is -2.15. The second-order valence-corrected chi connectivity index (χ2v) is 6.13. The fraction of sp³-hybridized carbons (Fsp3) is 0.227. The summed E-state index contributed by atoms with van der Waals surface area (Å²) in [7, 11) is 1.80. The number of amides is 1. The summed E-state index contributed by atoms with van der Waals surface area (Å²) in [4.78, 5) is 33.5. The van der Waals surface area contributed by atoms with E-state index in [0.717, 1.165) is 40.6 Å². The van der Waals surface area contributed by atoms with Crippen LogP contribution in [0.25, 0.3) is 11.1 Å². The van der Waals surface area contributed by atoms with Gasteiger partial charge < -0.3 is 19.7 Å². The van der Waals surface area contributed by atoms with Crippen LogP contribution < -0.4 is 10.1 Å². The normalized spacial score (nSPS) is 11.8. The van der Waals surface area contributed by atoms with Gasteiger partial charge in [-0.2, -0.15) is 0 Å². The Morgan fingerprint density at radius 2 is 1.93 bits per heavy atom. The van der Waals surface area contributed by atoms with E-state index in [1.165, 1.54) is 6.92 Å². The first kappa shape index (κ1) is 20.9. The number of ether oxygens (including phenoxy) is 1. The molecule has 146 valence electrons. The maximum atomic E-state index is 12.5. The minimum Gasteiger partial charge on any atom is -0.484 e. The van der Waals surface area contributed by atoms with Gasteiger partial charge >= 0.3 is 0 Å². The lowest BCUT2D eigenvalue weighted by molar-refractivity contribution is -0.109. The van der Waals surface area contributed by atoms with Crippen molar-refractivity contribution in [3.8, 4) is 16.9 Å². The van der Waals surface area contributed by atoms with Crippen LogP contribution >= 0.6 is 0 Å². The Morgan fingerprint density at radius 1 is 1.25 bits per heavy atom. The maximum Gasteiger partial charge on any atom is 0.258 e. The van der Waals surface area contributed by atoms with Crippen molar-refractivity contribution < 1.29 is 19.1 Å². The lowest BCUT2D eigenvalue weighted by Crippen LogP contribution is -2.20. The molecule has 0 fully saturated rings. The molecule has 0 bridgehead atoms. The molecule has 0 unspecified atom stereocenters. The maximum absolute atomic E-state index is 12.5. The molecular formula is C22H24N2O4. The van der Waals surface area contributed by atoms with Gasteiger partial charge in [0.15, 0.2) is 6.29 Å². The number of rotatable bonds is 6. The summed E-state index contributed by atoms with van der Waals surface area (Å²) in [6.07, 6.45) is 1.47. The van der Waals surface area contributed by atoms with E-state index in [-0.39, 0.29) is 12.5 Å².